The Bertz CT molecular complexity index is 859. The monoisotopic (exact) mass is 381 g/mol. The van der Waals surface area contributed by atoms with Gasteiger partial charge in [-0.1, -0.05) is 41.4 Å². The Morgan fingerprint density at radius 2 is 1.88 bits per heavy atom. The summed E-state index contributed by atoms with van der Waals surface area (Å²) in [5, 5.41) is 26.1. The minimum Gasteiger partial charge on any atom is -0.393 e. The van der Waals surface area contributed by atoms with Crippen molar-refractivity contribution in [2.24, 2.45) is 0 Å². The molecule has 1 heterocycles. The van der Waals surface area contributed by atoms with Gasteiger partial charge in [0, 0.05) is 15.6 Å². The smallest absolute Gasteiger partial charge is 0.140 e. The molecule has 0 spiro atoms. The second kappa shape index (κ2) is 7.09. The van der Waals surface area contributed by atoms with Crippen molar-refractivity contribution in [2.75, 3.05) is 6.61 Å². The van der Waals surface area contributed by atoms with Crippen LogP contribution in [-0.2, 0) is 5.60 Å². The van der Waals surface area contributed by atoms with Crippen molar-refractivity contribution in [3.63, 3.8) is 0 Å². The third-order valence-corrected chi connectivity index (χ3v) is 4.53. The van der Waals surface area contributed by atoms with Gasteiger partial charge in [0.05, 0.1) is 6.61 Å². The van der Waals surface area contributed by atoms with Crippen molar-refractivity contribution in [2.45, 2.75) is 11.6 Å². The van der Waals surface area contributed by atoms with Crippen LogP contribution in [0.3, 0.4) is 0 Å². The molecule has 0 aliphatic rings. The number of nitrogens with zero attached hydrogens (tertiary/aromatic N) is 3. The lowest BCUT2D eigenvalue weighted by molar-refractivity contribution is -0.0534. The second-order valence-electron chi connectivity index (χ2n) is 5.54. The minimum absolute atomic E-state index is 0.191. The zero-order valence-electron chi connectivity index (χ0n) is 12.9. The summed E-state index contributed by atoms with van der Waals surface area (Å²) in [4.78, 5) is 3.90. The van der Waals surface area contributed by atoms with Gasteiger partial charge in [0.2, 0.25) is 0 Å². The van der Waals surface area contributed by atoms with Crippen molar-refractivity contribution in [3.05, 3.63) is 82.1 Å². The van der Waals surface area contributed by atoms with Crippen molar-refractivity contribution < 1.29 is 14.6 Å². The first kappa shape index (κ1) is 17.8. The van der Waals surface area contributed by atoms with E-state index in [4.69, 9.17) is 23.2 Å². The number of benzene rings is 2. The van der Waals surface area contributed by atoms with E-state index in [1.54, 1.807) is 6.07 Å². The highest BCUT2D eigenvalue weighted by molar-refractivity contribution is 6.35. The molecule has 0 saturated carbocycles. The summed E-state index contributed by atoms with van der Waals surface area (Å²) in [5.74, 6) is -0.418. The lowest BCUT2D eigenvalue weighted by Gasteiger charge is -2.36. The molecule has 0 aliphatic carbocycles. The molecule has 0 saturated heterocycles. The predicted octanol–water partition coefficient (Wildman–Crippen LogP) is 3.19. The van der Waals surface area contributed by atoms with Gasteiger partial charge in [-0.15, -0.1) is 0 Å². The first-order valence-corrected chi connectivity index (χ1v) is 8.09. The van der Waals surface area contributed by atoms with Gasteiger partial charge in [0.1, 0.15) is 30.1 Å². The summed E-state index contributed by atoms with van der Waals surface area (Å²) in [5.41, 5.74) is -1.05. The zero-order valence-corrected chi connectivity index (χ0v) is 14.4. The van der Waals surface area contributed by atoms with Crippen LogP contribution in [0, 0.1) is 5.82 Å². The molecule has 25 heavy (non-hydrogen) atoms. The molecule has 0 radical (unpaired) electrons. The van der Waals surface area contributed by atoms with E-state index in [9.17, 15) is 14.6 Å². The van der Waals surface area contributed by atoms with Crippen LogP contribution in [0.1, 0.15) is 17.2 Å². The quantitative estimate of drug-likeness (QED) is 0.711. The maximum absolute atomic E-state index is 13.3. The number of aromatic nitrogens is 3. The van der Waals surface area contributed by atoms with Crippen LogP contribution in [0.2, 0.25) is 10.0 Å². The molecule has 5 nitrogen and oxygen atoms in total. The van der Waals surface area contributed by atoms with Gasteiger partial charge < -0.3 is 10.2 Å². The van der Waals surface area contributed by atoms with E-state index in [0.29, 0.717) is 10.6 Å². The van der Waals surface area contributed by atoms with E-state index >= 15 is 0 Å². The first-order valence-electron chi connectivity index (χ1n) is 7.34. The fraction of sp³-hybridized carbons (Fsp3) is 0.176. The molecule has 1 aromatic heterocycles. The molecule has 2 aromatic carbocycles. The molecule has 8 heteroatoms. The lowest BCUT2D eigenvalue weighted by atomic mass is 9.83. The topological polar surface area (TPSA) is 71.2 Å². The molecule has 2 N–H and O–H groups in total. The van der Waals surface area contributed by atoms with Gasteiger partial charge >= 0.3 is 0 Å². The average Bonchev–Trinajstić information content (AvgIpc) is 3.10. The Morgan fingerprint density at radius 3 is 2.44 bits per heavy atom. The Balaban J connectivity index is 2.20. The molecule has 2 atom stereocenters. The van der Waals surface area contributed by atoms with E-state index in [2.05, 4.69) is 10.1 Å². The van der Waals surface area contributed by atoms with Crippen LogP contribution in [0.5, 0.6) is 0 Å². The summed E-state index contributed by atoms with van der Waals surface area (Å²) in [7, 11) is 0. The Kier molecular flexibility index (Phi) is 5.06. The lowest BCUT2D eigenvalue weighted by Crippen LogP contribution is -2.41. The molecule has 0 bridgehead atoms. The Morgan fingerprint density at radius 1 is 1.16 bits per heavy atom. The fourth-order valence-corrected chi connectivity index (χ4v) is 3.37. The van der Waals surface area contributed by atoms with E-state index in [-0.39, 0.29) is 10.6 Å². The molecule has 130 valence electrons. The van der Waals surface area contributed by atoms with Crippen LogP contribution in [0.25, 0.3) is 0 Å². The molecule has 2 unspecified atom stereocenters. The number of aliphatic hydroxyl groups is 2. The van der Waals surface area contributed by atoms with Crippen molar-refractivity contribution in [3.8, 4) is 0 Å². The van der Waals surface area contributed by atoms with Gasteiger partial charge in [-0.2, -0.15) is 5.10 Å². The Labute approximate surface area is 153 Å². The van der Waals surface area contributed by atoms with Crippen molar-refractivity contribution in [1.29, 1.82) is 0 Å². The van der Waals surface area contributed by atoms with E-state index in [1.165, 1.54) is 53.7 Å². The third kappa shape index (κ3) is 3.39. The molecule has 0 fully saturated rings. The number of hydrogen-bond donors (Lipinski definition) is 2. The number of aliphatic hydroxyl groups excluding tert-OH is 1. The molecular weight excluding hydrogens is 368 g/mol. The van der Waals surface area contributed by atoms with Crippen LogP contribution < -0.4 is 0 Å². The number of halogens is 3. The Hall–Kier alpha value is -1.99. The molecule has 3 rings (SSSR count). The van der Waals surface area contributed by atoms with Gasteiger partial charge in [0.25, 0.3) is 0 Å². The highest BCUT2D eigenvalue weighted by atomic mass is 35.5. The summed E-state index contributed by atoms with van der Waals surface area (Å²) in [6, 6.07) is 9.22. The van der Waals surface area contributed by atoms with Crippen LogP contribution in [-0.4, -0.2) is 31.6 Å². The maximum Gasteiger partial charge on any atom is 0.140 e. The second-order valence-corrected chi connectivity index (χ2v) is 6.38. The van der Waals surface area contributed by atoms with Gasteiger partial charge in [-0.3, -0.25) is 0 Å². The van der Waals surface area contributed by atoms with E-state index in [0.717, 1.165) is 0 Å². The third-order valence-electron chi connectivity index (χ3n) is 3.98. The van der Waals surface area contributed by atoms with E-state index in [1.807, 2.05) is 0 Å². The summed E-state index contributed by atoms with van der Waals surface area (Å²) >= 11 is 12.2. The number of rotatable bonds is 5. The zero-order chi connectivity index (χ0) is 18.0. The molecular formula is C17H14Cl2FN3O2. The summed E-state index contributed by atoms with van der Waals surface area (Å²) < 4.78 is 14.7. The predicted molar refractivity (Wildman–Crippen MR) is 92.0 cm³/mol. The van der Waals surface area contributed by atoms with Gasteiger partial charge in [-0.25, -0.2) is 14.1 Å². The largest absolute Gasteiger partial charge is 0.393 e. The highest BCUT2D eigenvalue weighted by Crippen LogP contribution is 2.41. The first-order chi connectivity index (χ1) is 12.0. The number of hydrogen-bond acceptors (Lipinski definition) is 4. The highest BCUT2D eigenvalue weighted by Gasteiger charge is 2.42. The molecule has 3 aromatic rings. The maximum atomic E-state index is 13.3. The summed E-state index contributed by atoms with van der Waals surface area (Å²) in [6.07, 6.45) is 2.70. The van der Waals surface area contributed by atoms with Crippen LogP contribution in [0.15, 0.2) is 55.1 Å². The van der Waals surface area contributed by atoms with Gasteiger partial charge in [-0.05, 0) is 29.8 Å². The molecule has 0 amide bonds. The molecule has 0 aliphatic heterocycles. The standard InChI is InChI=1S/C17H14Cl2FN3O2/c18-12-3-6-14(15(19)7-12)17(25,8-24)16(23-10-21-9-22-23)11-1-4-13(20)5-2-11/h1-7,9-10,16,24-25H,8H2. The minimum atomic E-state index is -1.84. The normalized spacial score (nSPS) is 14.9. The van der Waals surface area contributed by atoms with Crippen LogP contribution in [0.4, 0.5) is 4.39 Å². The SMILES string of the molecule is OCC(O)(c1ccc(Cl)cc1Cl)C(c1ccc(F)cc1)n1cncn1. The van der Waals surface area contributed by atoms with Crippen molar-refractivity contribution in [1.82, 2.24) is 14.8 Å². The fourth-order valence-electron chi connectivity index (χ4n) is 2.80. The van der Waals surface area contributed by atoms with Crippen molar-refractivity contribution >= 4 is 23.2 Å². The average molecular weight is 382 g/mol. The van der Waals surface area contributed by atoms with E-state index < -0.39 is 24.1 Å². The van der Waals surface area contributed by atoms with Crippen LogP contribution >= 0.6 is 23.2 Å². The summed E-state index contributed by atoms with van der Waals surface area (Å²) in [6.45, 7) is -0.656. The van der Waals surface area contributed by atoms with Gasteiger partial charge in [0.15, 0.2) is 0 Å².